The first-order valence-electron chi connectivity index (χ1n) is 9.22. The monoisotopic (exact) mass is 418 g/mol. The molecule has 0 aliphatic heterocycles. The van der Waals surface area contributed by atoms with E-state index in [0.717, 1.165) is 0 Å². The average molecular weight is 419 g/mol. The van der Waals surface area contributed by atoms with Crippen LogP contribution >= 0.6 is 11.6 Å². The van der Waals surface area contributed by atoms with Gasteiger partial charge in [0, 0.05) is 40.8 Å². The Bertz CT molecular complexity index is 1150. The van der Waals surface area contributed by atoms with Crippen LogP contribution in [0.5, 0.6) is 0 Å². The summed E-state index contributed by atoms with van der Waals surface area (Å²) in [7, 11) is 0. The van der Waals surface area contributed by atoms with Gasteiger partial charge in [-0.05, 0) is 42.3 Å². The van der Waals surface area contributed by atoms with Gasteiger partial charge in [0.25, 0.3) is 0 Å². The van der Waals surface area contributed by atoms with Crippen LogP contribution in [0.3, 0.4) is 0 Å². The minimum absolute atomic E-state index is 0.0736. The van der Waals surface area contributed by atoms with Crippen LogP contribution in [-0.2, 0) is 0 Å². The summed E-state index contributed by atoms with van der Waals surface area (Å²) in [6.07, 6.45) is 3.06. The highest BCUT2D eigenvalue weighted by Gasteiger charge is 2.10. The molecule has 6 nitrogen and oxygen atoms in total. The summed E-state index contributed by atoms with van der Waals surface area (Å²) in [5.74, 6) is 5.96. The number of rotatable bonds is 4. The molecule has 3 aromatic rings. The zero-order chi connectivity index (χ0) is 21.5. The number of Topliss-reactive ketones (excluding diaryl/α,β-unsaturated/α-hetero) is 1. The number of pyridine rings is 2. The van der Waals surface area contributed by atoms with Crippen LogP contribution < -0.4 is 10.6 Å². The molecule has 7 heteroatoms. The molecule has 2 aromatic heterocycles. The normalized spacial score (nSPS) is 10.1. The van der Waals surface area contributed by atoms with Gasteiger partial charge in [0.15, 0.2) is 5.78 Å². The van der Waals surface area contributed by atoms with Crippen molar-refractivity contribution in [1.82, 2.24) is 9.97 Å². The zero-order valence-electron chi connectivity index (χ0n) is 16.4. The number of anilines is 2. The molecular formula is C23H19ClN4O2. The number of halogens is 1. The van der Waals surface area contributed by atoms with Crippen LogP contribution in [0.4, 0.5) is 16.2 Å². The molecule has 150 valence electrons. The van der Waals surface area contributed by atoms with E-state index in [1.165, 1.54) is 6.20 Å². The highest BCUT2D eigenvalue weighted by molar-refractivity contribution is 6.29. The van der Waals surface area contributed by atoms with Crippen LogP contribution in [0.1, 0.15) is 35.5 Å². The maximum absolute atomic E-state index is 12.2. The Balaban J connectivity index is 1.70. The summed E-state index contributed by atoms with van der Waals surface area (Å²) in [5.41, 5.74) is 2.90. The largest absolute Gasteiger partial charge is 0.323 e. The predicted octanol–water partition coefficient (Wildman–Crippen LogP) is 5.01. The lowest BCUT2D eigenvalue weighted by molar-refractivity contribution is 0.0939. The van der Waals surface area contributed by atoms with Gasteiger partial charge in [0.05, 0.1) is 0 Å². The lowest BCUT2D eigenvalue weighted by atomic mass is 9.99. The van der Waals surface area contributed by atoms with E-state index < -0.39 is 6.03 Å². The number of ketones is 1. The number of carbonyl (C=O) groups is 2. The molecule has 2 N–H and O–H groups in total. The zero-order valence-corrected chi connectivity index (χ0v) is 17.2. The number of amides is 2. The third kappa shape index (κ3) is 5.90. The van der Waals surface area contributed by atoms with Crippen molar-refractivity contribution in [3.63, 3.8) is 0 Å². The van der Waals surface area contributed by atoms with Crippen molar-refractivity contribution < 1.29 is 9.59 Å². The lowest BCUT2D eigenvalue weighted by Gasteiger charge is -2.07. The van der Waals surface area contributed by atoms with Gasteiger partial charge in [0.2, 0.25) is 0 Å². The minimum atomic E-state index is -0.428. The summed E-state index contributed by atoms with van der Waals surface area (Å²) in [4.78, 5) is 32.4. The molecule has 0 fully saturated rings. The van der Waals surface area contributed by atoms with Crippen LogP contribution in [0.25, 0.3) is 0 Å². The molecular weight excluding hydrogens is 400 g/mol. The number of carbonyl (C=O) groups excluding carboxylic acids is 2. The highest BCUT2D eigenvalue weighted by Crippen LogP contribution is 2.14. The van der Waals surface area contributed by atoms with Gasteiger partial charge in [-0.15, -0.1) is 0 Å². The number of urea groups is 1. The maximum Gasteiger partial charge on any atom is 0.323 e. The van der Waals surface area contributed by atoms with E-state index in [4.69, 9.17) is 11.6 Å². The summed E-state index contributed by atoms with van der Waals surface area (Å²) < 4.78 is 0. The Morgan fingerprint density at radius 1 is 0.933 bits per heavy atom. The van der Waals surface area contributed by atoms with Crippen molar-refractivity contribution in [2.24, 2.45) is 5.92 Å². The van der Waals surface area contributed by atoms with Crippen LogP contribution in [0.15, 0.2) is 60.9 Å². The molecule has 0 unspecified atom stereocenters. The second-order valence-electron chi connectivity index (χ2n) is 6.73. The van der Waals surface area contributed by atoms with Crippen molar-refractivity contribution in [2.45, 2.75) is 13.8 Å². The predicted molar refractivity (Wildman–Crippen MR) is 118 cm³/mol. The summed E-state index contributed by atoms with van der Waals surface area (Å²) >= 11 is 5.81. The van der Waals surface area contributed by atoms with Gasteiger partial charge in [-0.1, -0.05) is 43.5 Å². The quantitative estimate of drug-likeness (QED) is 0.354. The first-order chi connectivity index (χ1) is 14.4. The molecule has 0 aliphatic carbocycles. The molecule has 0 radical (unpaired) electrons. The van der Waals surface area contributed by atoms with Gasteiger partial charge in [-0.25, -0.2) is 14.8 Å². The molecule has 3 rings (SSSR count). The Hall–Kier alpha value is -3.69. The van der Waals surface area contributed by atoms with Crippen molar-refractivity contribution in [1.29, 1.82) is 0 Å². The number of hydrogen-bond acceptors (Lipinski definition) is 4. The summed E-state index contributed by atoms with van der Waals surface area (Å²) in [5, 5.41) is 5.68. The third-order valence-corrected chi connectivity index (χ3v) is 4.22. The standard InChI is InChI=1S/C23H19ClN4O2/c1-15(2)22(29)17-5-3-4-16(12-17)6-7-18-13-19(8-10-25-18)27-23(30)28-20-9-11-26-21(24)14-20/h3-5,8-15H,1-2H3,(H2,25,26,27,28,30). The van der Waals surface area contributed by atoms with Crippen LogP contribution in [0, 0.1) is 17.8 Å². The second-order valence-corrected chi connectivity index (χ2v) is 7.11. The number of nitrogens with one attached hydrogen (secondary N) is 2. The van der Waals surface area contributed by atoms with E-state index >= 15 is 0 Å². The molecule has 0 spiro atoms. The molecule has 0 saturated heterocycles. The molecule has 1 aromatic carbocycles. The topological polar surface area (TPSA) is 84.0 Å². The van der Waals surface area contributed by atoms with Gasteiger partial charge < -0.3 is 10.6 Å². The summed E-state index contributed by atoms with van der Waals surface area (Å²) in [6.45, 7) is 3.73. The first-order valence-corrected chi connectivity index (χ1v) is 9.60. The van der Waals surface area contributed by atoms with Crippen molar-refractivity contribution >= 4 is 34.8 Å². The molecule has 0 saturated carbocycles. The Morgan fingerprint density at radius 2 is 1.63 bits per heavy atom. The Labute approximate surface area is 179 Å². The van der Waals surface area contributed by atoms with E-state index in [0.29, 0.717) is 28.2 Å². The van der Waals surface area contributed by atoms with E-state index in [9.17, 15) is 9.59 Å². The minimum Gasteiger partial charge on any atom is -0.308 e. The highest BCUT2D eigenvalue weighted by atomic mass is 35.5. The van der Waals surface area contributed by atoms with E-state index in [-0.39, 0.29) is 16.9 Å². The van der Waals surface area contributed by atoms with Gasteiger partial charge in [-0.2, -0.15) is 0 Å². The molecule has 2 amide bonds. The molecule has 2 heterocycles. The Morgan fingerprint density at radius 3 is 2.33 bits per heavy atom. The van der Waals surface area contributed by atoms with Gasteiger partial charge in [-0.3, -0.25) is 4.79 Å². The van der Waals surface area contributed by atoms with Gasteiger partial charge >= 0.3 is 6.03 Å². The number of benzene rings is 1. The smallest absolute Gasteiger partial charge is 0.308 e. The number of nitrogens with zero attached hydrogens (tertiary/aromatic N) is 2. The van der Waals surface area contributed by atoms with Gasteiger partial charge in [0.1, 0.15) is 10.8 Å². The fourth-order valence-electron chi connectivity index (χ4n) is 2.57. The van der Waals surface area contributed by atoms with Crippen molar-refractivity contribution in [3.8, 4) is 11.8 Å². The second kappa shape index (κ2) is 9.68. The maximum atomic E-state index is 12.2. The molecule has 0 bridgehead atoms. The fourth-order valence-corrected chi connectivity index (χ4v) is 2.74. The SMILES string of the molecule is CC(C)C(=O)c1cccc(C#Cc2cc(NC(=O)Nc3ccnc(Cl)c3)ccn2)c1. The van der Waals surface area contributed by atoms with E-state index in [2.05, 4.69) is 32.4 Å². The number of hydrogen-bond donors (Lipinski definition) is 2. The van der Waals surface area contributed by atoms with Crippen LogP contribution in [0.2, 0.25) is 5.15 Å². The van der Waals surface area contributed by atoms with E-state index in [1.54, 1.807) is 48.7 Å². The third-order valence-electron chi connectivity index (χ3n) is 4.01. The van der Waals surface area contributed by atoms with Crippen LogP contribution in [-0.4, -0.2) is 21.8 Å². The molecule has 30 heavy (non-hydrogen) atoms. The average Bonchev–Trinajstić information content (AvgIpc) is 2.72. The molecule has 0 aliphatic rings. The first kappa shape index (κ1) is 21.0. The number of aromatic nitrogens is 2. The molecule has 0 atom stereocenters. The van der Waals surface area contributed by atoms with Crippen molar-refractivity contribution in [3.05, 3.63) is 82.9 Å². The summed E-state index contributed by atoms with van der Waals surface area (Å²) in [6, 6.07) is 13.3. The Kier molecular flexibility index (Phi) is 6.79. The van der Waals surface area contributed by atoms with E-state index in [1.807, 2.05) is 19.9 Å². The van der Waals surface area contributed by atoms with Crippen molar-refractivity contribution in [2.75, 3.05) is 10.6 Å². The fraction of sp³-hybridized carbons (Fsp3) is 0.130. The lowest BCUT2D eigenvalue weighted by Crippen LogP contribution is -2.19.